The molecule has 0 bridgehead atoms. The number of nitro benzene ring substituents is 2. The van der Waals surface area contributed by atoms with Crippen LogP contribution in [0.3, 0.4) is 0 Å². The third-order valence-corrected chi connectivity index (χ3v) is 5.55. The number of nitrogens with zero attached hydrogens (tertiary/aromatic N) is 2. The molecule has 17 heteroatoms. The van der Waals surface area contributed by atoms with Gasteiger partial charge in [-0.1, -0.05) is 0 Å². The molecule has 2 heterocycles. The second kappa shape index (κ2) is 11.0. The summed E-state index contributed by atoms with van der Waals surface area (Å²) in [5.74, 6) is -0.540. The van der Waals surface area contributed by atoms with E-state index in [-0.39, 0.29) is 0 Å². The maximum atomic E-state index is 11.3. The van der Waals surface area contributed by atoms with E-state index in [9.17, 15) is 56.0 Å². The molecule has 1 aromatic carbocycles. The molecule has 2 aliphatic rings. The molecule has 7 N–H and O–H groups in total. The molecule has 1 aromatic rings. The van der Waals surface area contributed by atoms with Gasteiger partial charge in [-0.2, -0.15) is 0 Å². The molecular formula is C18H24N2O15. The third kappa shape index (κ3) is 5.48. The highest BCUT2D eigenvalue weighted by Gasteiger charge is 2.51. The summed E-state index contributed by atoms with van der Waals surface area (Å²) in [5, 5.41) is 92.1. The van der Waals surface area contributed by atoms with Gasteiger partial charge >= 0.3 is 5.69 Å². The lowest BCUT2D eigenvalue weighted by Gasteiger charge is -2.45. The summed E-state index contributed by atoms with van der Waals surface area (Å²) >= 11 is 0. The van der Waals surface area contributed by atoms with Crippen LogP contribution in [0.25, 0.3) is 0 Å². The Bertz CT molecular complexity index is 914. The number of nitro groups is 2. The molecule has 2 aliphatic heterocycles. The van der Waals surface area contributed by atoms with E-state index in [4.69, 9.17) is 18.9 Å². The molecule has 196 valence electrons. The number of non-ortho nitro benzene ring substituents is 1. The van der Waals surface area contributed by atoms with Crippen LogP contribution in [0.4, 0.5) is 11.4 Å². The van der Waals surface area contributed by atoms with Gasteiger partial charge in [0, 0.05) is 6.07 Å². The average molecular weight is 508 g/mol. The SMILES string of the molecule is O=[N+]([O-])c1ccc(O[C@@H]2O[C@H](CO)[C@@H](O[C@@H]3O[C@H](CO)[C@@H](O)[C@H](O)[C@H]3O)[C@H](O)[C@H]2O)c([N+](=O)[O-])c1. The van der Waals surface area contributed by atoms with Crippen molar-refractivity contribution in [3.63, 3.8) is 0 Å². The second-order valence-corrected chi connectivity index (χ2v) is 7.79. The highest BCUT2D eigenvalue weighted by molar-refractivity contribution is 5.53. The summed E-state index contributed by atoms with van der Waals surface area (Å²) in [6.07, 6.45) is -17.2. The molecule has 2 fully saturated rings. The van der Waals surface area contributed by atoms with E-state index in [1.165, 1.54) is 0 Å². The van der Waals surface area contributed by atoms with E-state index in [0.717, 1.165) is 12.1 Å². The van der Waals surface area contributed by atoms with Gasteiger partial charge in [0.2, 0.25) is 12.0 Å². The third-order valence-electron chi connectivity index (χ3n) is 5.55. The highest BCUT2D eigenvalue weighted by atomic mass is 16.7. The zero-order valence-corrected chi connectivity index (χ0v) is 17.7. The summed E-state index contributed by atoms with van der Waals surface area (Å²) in [6, 6.07) is 2.42. The van der Waals surface area contributed by atoms with Gasteiger partial charge < -0.3 is 54.7 Å². The fraction of sp³-hybridized carbons (Fsp3) is 0.667. The number of benzene rings is 1. The van der Waals surface area contributed by atoms with Crippen molar-refractivity contribution >= 4 is 11.4 Å². The zero-order valence-electron chi connectivity index (χ0n) is 17.7. The van der Waals surface area contributed by atoms with Gasteiger partial charge in [-0.25, -0.2) is 0 Å². The second-order valence-electron chi connectivity index (χ2n) is 7.79. The van der Waals surface area contributed by atoms with Crippen molar-refractivity contribution in [2.45, 2.75) is 61.4 Å². The molecule has 2 saturated heterocycles. The van der Waals surface area contributed by atoms with Gasteiger partial charge in [0.15, 0.2) is 6.29 Å². The quantitative estimate of drug-likeness (QED) is 0.133. The normalized spacial score (nSPS) is 37.6. The Kier molecular flexibility index (Phi) is 8.49. The van der Waals surface area contributed by atoms with E-state index >= 15 is 0 Å². The van der Waals surface area contributed by atoms with Crippen LogP contribution in [-0.4, -0.2) is 120 Å². The van der Waals surface area contributed by atoms with Crippen molar-refractivity contribution in [1.82, 2.24) is 0 Å². The van der Waals surface area contributed by atoms with E-state index in [1.807, 2.05) is 0 Å². The Morgan fingerprint density at radius 1 is 0.800 bits per heavy atom. The molecule has 0 spiro atoms. The number of ether oxygens (including phenoxy) is 4. The summed E-state index contributed by atoms with van der Waals surface area (Å²) in [5.41, 5.74) is -1.43. The van der Waals surface area contributed by atoms with E-state index in [1.54, 1.807) is 0 Å². The highest BCUT2D eigenvalue weighted by Crippen LogP contribution is 2.35. The molecule has 35 heavy (non-hydrogen) atoms. The minimum absolute atomic E-state index is 0.540. The van der Waals surface area contributed by atoms with Gasteiger partial charge in [-0.15, -0.1) is 0 Å². The van der Waals surface area contributed by atoms with Crippen LogP contribution in [0, 0.1) is 20.2 Å². The van der Waals surface area contributed by atoms with E-state index in [2.05, 4.69) is 0 Å². The van der Waals surface area contributed by atoms with Crippen molar-refractivity contribution in [1.29, 1.82) is 0 Å². The van der Waals surface area contributed by atoms with Crippen molar-refractivity contribution in [2.75, 3.05) is 13.2 Å². The average Bonchev–Trinajstić information content (AvgIpc) is 2.83. The first-order chi connectivity index (χ1) is 16.5. The number of hydrogen-bond donors (Lipinski definition) is 7. The van der Waals surface area contributed by atoms with Crippen LogP contribution in [0.1, 0.15) is 0 Å². The van der Waals surface area contributed by atoms with Gasteiger partial charge in [-0.3, -0.25) is 20.2 Å². The maximum Gasteiger partial charge on any atom is 0.317 e. The molecule has 0 saturated carbocycles. The summed E-state index contributed by atoms with van der Waals surface area (Å²) in [4.78, 5) is 20.4. The fourth-order valence-corrected chi connectivity index (χ4v) is 3.64. The lowest BCUT2D eigenvalue weighted by Crippen LogP contribution is -2.65. The first-order valence-corrected chi connectivity index (χ1v) is 10.2. The Hall–Kier alpha value is -2.58. The van der Waals surface area contributed by atoms with Crippen LogP contribution in [-0.2, 0) is 14.2 Å². The molecule has 10 atom stereocenters. The predicted molar refractivity (Wildman–Crippen MR) is 107 cm³/mol. The minimum Gasteiger partial charge on any atom is -0.455 e. The zero-order chi connectivity index (χ0) is 26.0. The van der Waals surface area contributed by atoms with Crippen molar-refractivity contribution < 1.29 is 64.5 Å². The fourth-order valence-electron chi connectivity index (χ4n) is 3.64. The van der Waals surface area contributed by atoms with Crippen molar-refractivity contribution in [2.24, 2.45) is 0 Å². The Morgan fingerprint density at radius 3 is 1.97 bits per heavy atom. The molecule has 3 rings (SSSR count). The van der Waals surface area contributed by atoms with Crippen molar-refractivity contribution in [3.8, 4) is 5.75 Å². The summed E-state index contributed by atoms with van der Waals surface area (Å²) in [7, 11) is 0. The summed E-state index contributed by atoms with van der Waals surface area (Å²) < 4.78 is 21.2. The smallest absolute Gasteiger partial charge is 0.317 e. The lowest BCUT2D eigenvalue weighted by atomic mass is 9.97. The Morgan fingerprint density at radius 2 is 1.40 bits per heavy atom. The van der Waals surface area contributed by atoms with E-state index < -0.39 is 102 Å². The monoisotopic (exact) mass is 508 g/mol. The van der Waals surface area contributed by atoms with Crippen LogP contribution in [0.15, 0.2) is 18.2 Å². The van der Waals surface area contributed by atoms with Gasteiger partial charge in [0.05, 0.1) is 29.1 Å². The van der Waals surface area contributed by atoms with Gasteiger partial charge in [0.25, 0.3) is 5.69 Å². The van der Waals surface area contributed by atoms with Gasteiger partial charge in [0.1, 0.15) is 48.8 Å². The summed E-state index contributed by atoms with van der Waals surface area (Å²) in [6.45, 7) is -1.61. The Balaban J connectivity index is 1.78. The number of aliphatic hydroxyl groups is 7. The number of aliphatic hydroxyl groups excluding tert-OH is 7. The molecule has 0 radical (unpaired) electrons. The largest absolute Gasteiger partial charge is 0.455 e. The molecule has 0 amide bonds. The topological polar surface area (TPSA) is 265 Å². The number of rotatable bonds is 8. The van der Waals surface area contributed by atoms with Crippen molar-refractivity contribution in [3.05, 3.63) is 38.4 Å². The van der Waals surface area contributed by atoms with Crippen LogP contribution in [0.5, 0.6) is 5.75 Å². The first kappa shape index (κ1) is 27.0. The lowest BCUT2D eigenvalue weighted by molar-refractivity contribution is -0.395. The molecule has 0 aromatic heterocycles. The number of hydrogen-bond acceptors (Lipinski definition) is 15. The maximum absolute atomic E-state index is 11.3. The van der Waals surface area contributed by atoms with Gasteiger partial charge in [-0.05, 0) is 6.07 Å². The molecule has 0 unspecified atom stereocenters. The van der Waals surface area contributed by atoms with Crippen LogP contribution in [0.2, 0.25) is 0 Å². The van der Waals surface area contributed by atoms with Crippen LogP contribution >= 0.6 is 0 Å². The predicted octanol–water partition coefficient (Wildman–Crippen LogP) is -3.49. The molecule has 0 aliphatic carbocycles. The van der Waals surface area contributed by atoms with E-state index in [0.29, 0.717) is 6.07 Å². The molecule has 17 nitrogen and oxygen atoms in total. The minimum atomic E-state index is -1.96. The standard InChI is InChI=1S/C18H24N2O15/c21-4-9-11(23)12(24)14(26)18(33-9)35-16-10(5-22)34-17(15(27)13(16)25)32-8-2-1-6(19(28)29)3-7(8)20(30)31/h1-3,9-18,21-27H,4-5H2/t9-,10-,11-,12+,13-,14-,15-,16-,17-,18+/m1/s1. The Labute approximate surface area is 195 Å². The first-order valence-electron chi connectivity index (χ1n) is 10.2. The molecular weight excluding hydrogens is 484 g/mol. The van der Waals surface area contributed by atoms with Crippen LogP contribution < -0.4 is 4.74 Å².